The first-order valence-corrected chi connectivity index (χ1v) is 12.7. The van der Waals surface area contributed by atoms with Crippen LogP contribution in [0, 0.1) is 29.1 Å². The summed E-state index contributed by atoms with van der Waals surface area (Å²) in [5.41, 5.74) is 0.0491. The molecule has 7 atom stereocenters. The summed E-state index contributed by atoms with van der Waals surface area (Å²) in [6.45, 7) is 8.14. The maximum absolute atomic E-state index is 13.1. The molecule has 0 spiro atoms. The Morgan fingerprint density at radius 1 is 1.18 bits per heavy atom. The highest BCUT2D eigenvalue weighted by Gasteiger charge is 2.54. The third-order valence-electron chi connectivity index (χ3n) is 8.80. The zero-order chi connectivity index (χ0) is 23.6. The van der Waals surface area contributed by atoms with Crippen LogP contribution < -0.4 is 10.1 Å². The Morgan fingerprint density at radius 3 is 2.55 bits per heavy atom. The summed E-state index contributed by atoms with van der Waals surface area (Å²) in [7, 11) is 0. The number of rotatable bonds is 6. The standard InChI is InChI=1S/C27H40N2O4/c1-18(26(32)29-15-7-8-16-29)21-11-13-27(3)14-12-22(19(2)24(27)25(21)31)28-23(30)17-33-20-9-5-4-6-10-20/h4-6,9-10,18-19,21-22,24-25,31H,7-8,11-17H2,1-3H3,(H,28,30)/t18-,19-,21+,22-,24+,25-,27+/m0/s1. The molecular formula is C27H40N2O4. The van der Waals surface area contributed by atoms with Crippen molar-refractivity contribution in [1.29, 1.82) is 0 Å². The molecule has 2 aliphatic carbocycles. The number of amides is 2. The molecule has 3 aliphatic rings. The molecular weight excluding hydrogens is 416 g/mol. The highest BCUT2D eigenvalue weighted by atomic mass is 16.5. The summed E-state index contributed by atoms with van der Waals surface area (Å²) in [6.07, 6.45) is 5.44. The number of benzene rings is 1. The quantitative estimate of drug-likeness (QED) is 0.685. The van der Waals surface area contributed by atoms with Gasteiger partial charge in [0.25, 0.3) is 5.91 Å². The van der Waals surface area contributed by atoms with Gasteiger partial charge in [0.2, 0.25) is 5.91 Å². The maximum atomic E-state index is 13.1. The minimum atomic E-state index is -0.527. The largest absolute Gasteiger partial charge is 0.484 e. The highest BCUT2D eigenvalue weighted by Crippen LogP contribution is 2.55. The van der Waals surface area contributed by atoms with E-state index < -0.39 is 6.10 Å². The van der Waals surface area contributed by atoms with Gasteiger partial charge < -0.3 is 20.1 Å². The Bertz CT molecular complexity index is 825. The van der Waals surface area contributed by atoms with Crippen molar-refractivity contribution in [2.45, 2.75) is 71.4 Å². The fourth-order valence-corrected chi connectivity index (χ4v) is 6.82. The Kier molecular flexibility index (Phi) is 7.32. The minimum Gasteiger partial charge on any atom is -0.484 e. The average molecular weight is 457 g/mol. The molecule has 0 bridgehead atoms. The molecule has 4 rings (SSSR count). The second-order valence-electron chi connectivity index (χ2n) is 10.9. The Morgan fingerprint density at radius 2 is 1.85 bits per heavy atom. The molecule has 0 radical (unpaired) electrons. The van der Waals surface area contributed by atoms with E-state index in [0.717, 1.165) is 51.6 Å². The van der Waals surface area contributed by atoms with Crippen molar-refractivity contribution in [1.82, 2.24) is 10.2 Å². The van der Waals surface area contributed by atoms with E-state index in [9.17, 15) is 14.7 Å². The predicted octanol–water partition coefficient (Wildman–Crippen LogP) is 3.63. The van der Waals surface area contributed by atoms with Crippen LogP contribution >= 0.6 is 0 Å². The first-order valence-electron chi connectivity index (χ1n) is 12.7. The number of carbonyl (C=O) groups is 2. The summed E-state index contributed by atoms with van der Waals surface area (Å²) in [5.74, 6) is 0.776. The van der Waals surface area contributed by atoms with E-state index in [0.29, 0.717) is 5.75 Å². The number of nitrogens with zero attached hydrogens (tertiary/aromatic N) is 1. The summed E-state index contributed by atoms with van der Waals surface area (Å²) >= 11 is 0. The Hall–Kier alpha value is -2.08. The van der Waals surface area contributed by atoms with Crippen LogP contribution in [0.2, 0.25) is 0 Å². The SMILES string of the molecule is C[C@@H]1[C@@H]2[C@@H](O)[C@@H]([C@H](C)C(=O)N3CCCC3)CC[C@]2(C)CC[C@@H]1NC(=O)COc1ccccc1. The van der Waals surface area contributed by atoms with Crippen molar-refractivity contribution in [3.05, 3.63) is 30.3 Å². The molecule has 6 heteroatoms. The summed E-state index contributed by atoms with van der Waals surface area (Å²) < 4.78 is 5.61. The van der Waals surface area contributed by atoms with Gasteiger partial charge in [-0.3, -0.25) is 9.59 Å². The van der Waals surface area contributed by atoms with E-state index in [1.807, 2.05) is 42.2 Å². The van der Waals surface area contributed by atoms with Gasteiger partial charge in [0.1, 0.15) is 5.75 Å². The molecule has 182 valence electrons. The van der Waals surface area contributed by atoms with Crippen molar-refractivity contribution < 1.29 is 19.4 Å². The molecule has 0 unspecified atom stereocenters. The fourth-order valence-electron chi connectivity index (χ4n) is 6.82. The topological polar surface area (TPSA) is 78.9 Å². The molecule has 1 saturated heterocycles. The van der Waals surface area contributed by atoms with Gasteiger partial charge in [-0.15, -0.1) is 0 Å². The second-order valence-corrected chi connectivity index (χ2v) is 10.9. The Balaban J connectivity index is 1.39. The molecule has 6 nitrogen and oxygen atoms in total. The fraction of sp³-hybridized carbons (Fsp3) is 0.704. The van der Waals surface area contributed by atoms with E-state index in [4.69, 9.17) is 4.74 Å². The lowest BCUT2D eigenvalue weighted by Crippen LogP contribution is -2.59. The molecule has 1 aromatic rings. The van der Waals surface area contributed by atoms with E-state index >= 15 is 0 Å². The van der Waals surface area contributed by atoms with E-state index in [2.05, 4.69) is 19.2 Å². The van der Waals surface area contributed by atoms with Crippen LogP contribution in [0.1, 0.15) is 59.3 Å². The van der Waals surface area contributed by atoms with Gasteiger partial charge in [-0.2, -0.15) is 0 Å². The van der Waals surface area contributed by atoms with Crippen LogP contribution in [0.25, 0.3) is 0 Å². The van der Waals surface area contributed by atoms with E-state index in [1.54, 1.807) is 0 Å². The van der Waals surface area contributed by atoms with Crippen LogP contribution in [0.5, 0.6) is 5.75 Å². The van der Waals surface area contributed by atoms with Gasteiger partial charge in [-0.1, -0.05) is 39.0 Å². The molecule has 1 aliphatic heterocycles. The lowest BCUT2D eigenvalue weighted by molar-refractivity contribution is -0.150. The van der Waals surface area contributed by atoms with Crippen molar-refractivity contribution in [2.24, 2.45) is 29.1 Å². The average Bonchev–Trinajstić information content (AvgIpc) is 3.35. The number of fused-ring (bicyclic) bond motifs is 1. The predicted molar refractivity (Wildman–Crippen MR) is 128 cm³/mol. The summed E-state index contributed by atoms with van der Waals surface area (Å²) in [5, 5.41) is 14.7. The van der Waals surface area contributed by atoms with Crippen LogP contribution in [0.4, 0.5) is 0 Å². The van der Waals surface area contributed by atoms with E-state index in [1.165, 1.54) is 0 Å². The lowest BCUT2D eigenvalue weighted by Gasteiger charge is -2.56. The third kappa shape index (κ3) is 5.06. The van der Waals surface area contributed by atoms with Crippen molar-refractivity contribution in [3.8, 4) is 5.75 Å². The highest BCUT2D eigenvalue weighted by molar-refractivity contribution is 5.79. The van der Waals surface area contributed by atoms with Gasteiger partial charge in [0.05, 0.1) is 6.10 Å². The second kappa shape index (κ2) is 10.0. The zero-order valence-electron chi connectivity index (χ0n) is 20.3. The number of likely N-dealkylation sites (tertiary alicyclic amines) is 1. The molecule has 2 saturated carbocycles. The van der Waals surface area contributed by atoms with Crippen molar-refractivity contribution in [3.63, 3.8) is 0 Å². The number of hydrogen-bond donors (Lipinski definition) is 2. The number of nitrogens with one attached hydrogen (secondary N) is 1. The Labute approximate surface area is 198 Å². The van der Waals surface area contributed by atoms with Gasteiger partial charge in [0, 0.05) is 25.0 Å². The number of ether oxygens (including phenoxy) is 1. The minimum absolute atomic E-state index is 0.00735. The normalized spacial score (nSPS) is 34.9. The molecule has 1 heterocycles. The van der Waals surface area contributed by atoms with Crippen LogP contribution in [-0.4, -0.2) is 53.7 Å². The maximum Gasteiger partial charge on any atom is 0.258 e. The third-order valence-corrected chi connectivity index (χ3v) is 8.80. The van der Waals surface area contributed by atoms with Crippen LogP contribution in [0.3, 0.4) is 0 Å². The van der Waals surface area contributed by atoms with Gasteiger partial charge in [-0.05, 0) is 73.8 Å². The number of hydrogen-bond acceptors (Lipinski definition) is 4. The zero-order valence-corrected chi connectivity index (χ0v) is 20.3. The van der Waals surface area contributed by atoms with E-state index in [-0.39, 0.29) is 53.5 Å². The van der Waals surface area contributed by atoms with Gasteiger partial charge in [0.15, 0.2) is 6.61 Å². The number of aliphatic hydroxyl groups is 1. The molecule has 2 N–H and O–H groups in total. The monoisotopic (exact) mass is 456 g/mol. The van der Waals surface area contributed by atoms with Crippen LogP contribution in [0.15, 0.2) is 30.3 Å². The summed E-state index contributed by atoms with van der Waals surface area (Å²) in [6, 6.07) is 9.36. The number of para-hydroxylation sites is 1. The molecule has 1 aromatic carbocycles. The molecule has 3 fully saturated rings. The van der Waals surface area contributed by atoms with Gasteiger partial charge >= 0.3 is 0 Å². The first kappa shape index (κ1) is 24.1. The number of aliphatic hydroxyl groups excluding tert-OH is 1. The van der Waals surface area contributed by atoms with Crippen molar-refractivity contribution >= 4 is 11.8 Å². The van der Waals surface area contributed by atoms with Crippen LogP contribution in [-0.2, 0) is 9.59 Å². The summed E-state index contributed by atoms with van der Waals surface area (Å²) in [4.78, 5) is 27.6. The first-order chi connectivity index (χ1) is 15.8. The van der Waals surface area contributed by atoms with Gasteiger partial charge in [-0.25, -0.2) is 0 Å². The molecule has 0 aromatic heterocycles. The molecule has 33 heavy (non-hydrogen) atoms. The van der Waals surface area contributed by atoms with Crippen molar-refractivity contribution in [2.75, 3.05) is 19.7 Å². The lowest BCUT2D eigenvalue weighted by atomic mass is 9.51. The molecule has 2 amide bonds. The smallest absolute Gasteiger partial charge is 0.258 e. The number of carbonyl (C=O) groups excluding carboxylic acids is 2.